The van der Waals surface area contributed by atoms with E-state index < -0.39 is 0 Å². The lowest BCUT2D eigenvalue weighted by Crippen LogP contribution is -1.88. The van der Waals surface area contributed by atoms with E-state index >= 15 is 0 Å². The van der Waals surface area contributed by atoms with Crippen LogP contribution in [0.1, 0.15) is 0 Å². The maximum Gasteiger partial charge on any atom is 0.120 e. The van der Waals surface area contributed by atoms with Gasteiger partial charge in [-0.25, -0.2) is 0 Å². The van der Waals surface area contributed by atoms with Crippen molar-refractivity contribution in [2.75, 3.05) is 19.5 Å². The van der Waals surface area contributed by atoms with Crippen molar-refractivity contribution in [3.63, 3.8) is 0 Å². The van der Waals surface area contributed by atoms with Crippen molar-refractivity contribution in [3.05, 3.63) is 47.5 Å². The molecule has 0 aliphatic carbocycles. The Bertz CT molecular complexity index is 508. The second-order valence-electron chi connectivity index (χ2n) is 3.67. The molecule has 3 heteroatoms. The second kappa shape index (κ2) is 5.11. The summed E-state index contributed by atoms with van der Waals surface area (Å²) in [6, 6.07) is 13.8. The minimum absolute atomic E-state index is 0.696. The van der Waals surface area contributed by atoms with Gasteiger partial charge in [0, 0.05) is 18.3 Å². The van der Waals surface area contributed by atoms with E-state index in [-0.39, 0.29) is 0 Å². The Morgan fingerprint density at radius 3 is 2.29 bits per heavy atom. The number of hydrogen-bond acceptors (Lipinski definition) is 2. The average Bonchev–Trinajstić information content (AvgIpc) is 2.39. The van der Waals surface area contributed by atoms with Crippen LogP contribution in [0.2, 0.25) is 5.02 Å². The van der Waals surface area contributed by atoms with Crippen LogP contribution < -0.4 is 10.1 Å². The van der Waals surface area contributed by atoms with Gasteiger partial charge in [0.2, 0.25) is 0 Å². The number of halogens is 1. The molecule has 0 bridgehead atoms. The summed E-state index contributed by atoms with van der Waals surface area (Å²) in [4.78, 5) is 0. The zero-order valence-corrected chi connectivity index (χ0v) is 10.6. The van der Waals surface area contributed by atoms with Crippen LogP contribution >= 0.6 is 11.6 Å². The van der Waals surface area contributed by atoms with E-state index in [1.54, 1.807) is 7.11 Å². The van der Waals surface area contributed by atoms with Gasteiger partial charge in [-0.05, 0) is 35.9 Å². The average molecular weight is 248 g/mol. The van der Waals surface area contributed by atoms with Crippen LogP contribution in [0.4, 0.5) is 5.69 Å². The lowest BCUT2D eigenvalue weighted by molar-refractivity contribution is 0.415. The van der Waals surface area contributed by atoms with Crippen LogP contribution in [-0.4, -0.2) is 14.2 Å². The first kappa shape index (κ1) is 11.8. The van der Waals surface area contributed by atoms with Gasteiger partial charge in [0.1, 0.15) is 5.75 Å². The lowest BCUT2D eigenvalue weighted by atomic mass is 10.1. The third-order valence-corrected chi connectivity index (χ3v) is 2.97. The first-order chi connectivity index (χ1) is 8.24. The van der Waals surface area contributed by atoms with Crippen molar-refractivity contribution in [1.82, 2.24) is 0 Å². The second-order valence-corrected chi connectivity index (χ2v) is 4.08. The van der Waals surface area contributed by atoms with Crippen molar-refractivity contribution >= 4 is 17.3 Å². The molecular weight excluding hydrogens is 234 g/mol. The molecule has 0 atom stereocenters. The van der Waals surface area contributed by atoms with Gasteiger partial charge >= 0.3 is 0 Å². The minimum atomic E-state index is 0.696. The van der Waals surface area contributed by atoms with Gasteiger partial charge in [-0.2, -0.15) is 0 Å². The zero-order valence-electron chi connectivity index (χ0n) is 9.83. The van der Waals surface area contributed by atoms with Crippen molar-refractivity contribution in [3.8, 4) is 16.9 Å². The molecule has 2 rings (SSSR count). The highest BCUT2D eigenvalue weighted by Crippen LogP contribution is 2.31. The monoisotopic (exact) mass is 247 g/mol. The Balaban J connectivity index is 2.38. The van der Waals surface area contributed by atoms with Crippen molar-refractivity contribution < 1.29 is 4.74 Å². The summed E-state index contributed by atoms with van der Waals surface area (Å²) in [5.41, 5.74) is 3.19. The Labute approximate surface area is 106 Å². The number of methoxy groups -OCH3 is 1. The molecule has 0 aromatic heterocycles. The fraction of sp³-hybridized carbons (Fsp3) is 0.143. The third-order valence-electron chi connectivity index (χ3n) is 2.66. The summed E-state index contributed by atoms with van der Waals surface area (Å²) in [6.07, 6.45) is 0. The van der Waals surface area contributed by atoms with Gasteiger partial charge in [-0.15, -0.1) is 0 Å². The highest BCUT2D eigenvalue weighted by Gasteiger charge is 2.04. The topological polar surface area (TPSA) is 21.3 Å². The molecule has 0 amide bonds. The van der Waals surface area contributed by atoms with Gasteiger partial charge < -0.3 is 10.1 Å². The summed E-state index contributed by atoms with van der Waals surface area (Å²) in [7, 11) is 3.53. The molecule has 0 aliphatic rings. The van der Waals surface area contributed by atoms with Crippen LogP contribution in [0.15, 0.2) is 42.5 Å². The molecule has 0 unspecified atom stereocenters. The lowest BCUT2D eigenvalue weighted by Gasteiger charge is -2.08. The molecule has 0 spiro atoms. The highest BCUT2D eigenvalue weighted by molar-refractivity contribution is 6.33. The van der Waals surface area contributed by atoms with Crippen molar-refractivity contribution in [1.29, 1.82) is 0 Å². The van der Waals surface area contributed by atoms with E-state index in [1.807, 2.05) is 49.5 Å². The van der Waals surface area contributed by atoms with Crippen LogP contribution in [-0.2, 0) is 0 Å². The summed E-state index contributed by atoms with van der Waals surface area (Å²) >= 11 is 6.22. The first-order valence-corrected chi connectivity index (χ1v) is 5.74. The molecule has 0 aliphatic heterocycles. The number of hydrogen-bond donors (Lipinski definition) is 1. The van der Waals surface area contributed by atoms with Gasteiger partial charge in [0.15, 0.2) is 0 Å². The Hall–Kier alpha value is -1.67. The van der Waals surface area contributed by atoms with Crippen molar-refractivity contribution in [2.45, 2.75) is 0 Å². The molecule has 2 aromatic rings. The molecule has 17 heavy (non-hydrogen) atoms. The summed E-state index contributed by atoms with van der Waals surface area (Å²) in [5, 5.41) is 3.78. The van der Waals surface area contributed by atoms with E-state index in [1.165, 1.54) is 0 Å². The van der Waals surface area contributed by atoms with Crippen LogP contribution in [0.5, 0.6) is 5.75 Å². The van der Waals surface area contributed by atoms with Crippen molar-refractivity contribution in [2.24, 2.45) is 0 Å². The molecule has 2 aromatic carbocycles. The number of ether oxygens (including phenoxy) is 1. The predicted octanol–water partition coefficient (Wildman–Crippen LogP) is 4.06. The van der Waals surface area contributed by atoms with E-state index in [9.17, 15) is 0 Å². The molecule has 0 fully saturated rings. The number of nitrogens with one attached hydrogen (secondary N) is 1. The smallest absolute Gasteiger partial charge is 0.120 e. The molecule has 0 radical (unpaired) electrons. The summed E-state index contributed by atoms with van der Waals surface area (Å²) in [6.45, 7) is 0. The van der Waals surface area contributed by atoms with E-state index in [0.29, 0.717) is 5.02 Å². The first-order valence-electron chi connectivity index (χ1n) is 5.36. The fourth-order valence-corrected chi connectivity index (χ4v) is 1.95. The SMILES string of the molecule is CNc1ccc(-c2ccc(OC)cc2Cl)cc1. The van der Waals surface area contributed by atoms with E-state index in [4.69, 9.17) is 16.3 Å². The maximum absolute atomic E-state index is 6.22. The Kier molecular flexibility index (Phi) is 3.55. The normalized spacial score (nSPS) is 10.1. The van der Waals surface area contributed by atoms with E-state index in [2.05, 4.69) is 5.32 Å². The minimum Gasteiger partial charge on any atom is -0.497 e. The maximum atomic E-state index is 6.22. The van der Waals surface area contributed by atoms with E-state index in [0.717, 1.165) is 22.6 Å². The molecular formula is C14H14ClNO. The van der Waals surface area contributed by atoms with Gasteiger partial charge in [-0.1, -0.05) is 23.7 Å². The van der Waals surface area contributed by atoms with Gasteiger partial charge in [0.05, 0.1) is 12.1 Å². The third kappa shape index (κ3) is 2.53. The predicted molar refractivity (Wildman–Crippen MR) is 73.0 cm³/mol. The highest BCUT2D eigenvalue weighted by atomic mass is 35.5. The molecule has 0 heterocycles. The number of benzene rings is 2. The quantitative estimate of drug-likeness (QED) is 0.883. The Morgan fingerprint density at radius 1 is 1.06 bits per heavy atom. The largest absolute Gasteiger partial charge is 0.497 e. The van der Waals surface area contributed by atoms with Gasteiger partial charge in [-0.3, -0.25) is 0 Å². The summed E-state index contributed by atoms with van der Waals surface area (Å²) < 4.78 is 5.13. The van der Waals surface area contributed by atoms with Crippen LogP contribution in [0.25, 0.3) is 11.1 Å². The Morgan fingerprint density at radius 2 is 1.76 bits per heavy atom. The fourth-order valence-electron chi connectivity index (χ4n) is 1.67. The zero-order chi connectivity index (χ0) is 12.3. The molecule has 88 valence electrons. The number of anilines is 1. The van der Waals surface area contributed by atoms with Crippen LogP contribution in [0, 0.1) is 0 Å². The van der Waals surface area contributed by atoms with Crippen LogP contribution in [0.3, 0.4) is 0 Å². The molecule has 0 saturated carbocycles. The summed E-state index contributed by atoms with van der Waals surface area (Å²) in [5.74, 6) is 0.769. The molecule has 1 N–H and O–H groups in total. The molecule has 2 nitrogen and oxygen atoms in total. The number of rotatable bonds is 3. The molecule has 0 saturated heterocycles. The standard InChI is InChI=1S/C14H14ClNO/c1-16-11-5-3-10(4-6-11)13-8-7-12(17-2)9-14(13)15/h3-9,16H,1-2H3. The van der Waals surface area contributed by atoms with Gasteiger partial charge in [0.25, 0.3) is 0 Å².